The Kier molecular flexibility index (Phi) is 5.52. The van der Waals surface area contributed by atoms with Gasteiger partial charge in [0.1, 0.15) is 6.10 Å². The lowest BCUT2D eigenvalue weighted by Crippen LogP contribution is -2.30. The van der Waals surface area contributed by atoms with E-state index >= 15 is 0 Å². The topological polar surface area (TPSA) is 95.9 Å². The molecule has 2 aromatic carbocycles. The summed E-state index contributed by atoms with van der Waals surface area (Å²) >= 11 is 0. The molecule has 27 heavy (non-hydrogen) atoms. The second-order valence-corrected chi connectivity index (χ2v) is 6.30. The third kappa shape index (κ3) is 4.32. The second kappa shape index (κ2) is 8.01. The lowest BCUT2D eigenvalue weighted by Gasteiger charge is -2.18. The number of benzene rings is 2. The molecule has 2 amide bonds. The summed E-state index contributed by atoms with van der Waals surface area (Å²) in [6.07, 6.45) is -1.11. The third-order valence-corrected chi connectivity index (χ3v) is 4.41. The Bertz CT molecular complexity index is 852. The van der Waals surface area contributed by atoms with E-state index in [9.17, 15) is 14.4 Å². The minimum atomic E-state index is -1.07. The molecule has 1 heterocycles. The molecule has 1 fully saturated rings. The Morgan fingerprint density at radius 2 is 1.74 bits per heavy atom. The first kappa shape index (κ1) is 18.6. The van der Waals surface area contributed by atoms with Crippen molar-refractivity contribution in [3.63, 3.8) is 0 Å². The second-order valence-electron chi connectivity index (χ2n) is 6.30. The van der Waals surface area contributed by atoms with E-state index in [2.05, 4.69) is 5.32 Å². The largest absolute Gasteiger partial charge is 0.479 e. The van der Waals surface area contributed by atoms with Crippen molar-refractivity contribution in [2.24, 2.45) is 0 Å². The van der Waals surface area contributed by atoms with E-state index in [0.29, 0.717) is 24.1 Å². The highest BCUT2D eigenvalue weighted by atomic mass is 16.5. The number of carbonyl (C=O) groups is 3. The van der Waals surface area contributed by atoms with Gasteiger partial charge in [-0.2, -0.15) is 0 Å². The van der Waals surface area contributed by atoms with Gasteiger partial charge in [0.25, 0.3) is 11.8 Å². The normalized spacial score (nSPS) is 18.7. The number of aliphatic carboxylic acids is 1. The Labute approximate surface area is 156 Å². The molecule has 1 saturated heterocycles. The average molecular weight is 368 g/mol. The van der Waals surface area contributed by atoms with Crippen LogP contribution in [0.3, 0.4) is 0 Å². The van der Waals surface area contributed by atoms with E-state index in [1.165, 1.54) is 4.90 Å². The number of amides is 2. The van der Waals surface area contributed by atoms with Crippen LogP contribution in [-0.4, -0.2) is 42.1 Å². The van der Waals surface area contributed by atoms with Crippen molar-refractivity contribution >= 4 is 29.2 Å². The maximum absolute atomic E-state index is 12.7. The molecule has 140 valence electrons. The Morgan fingerprint density at radius 1 is 1.04 bits per heavy atom. The zero-order chi connectivity index (χ0) is 19.4. The Balaban J connectivity index is 1.68. The van der Waals surface area contributed by atoms with Gasteiger partial charge in [-0.15, -0.1) is 0 Å². The zero-order valence-corrected chi connectivity index (χ0v) is 14.8. The highest BCUT2D eigenvalue weighted by Crippen LogP contribution is 2.22. The van der Waals surface area contributed by atoms with Gasteiger partial charge in [0.05, 0.1) is 0 Å². The average Bonchev–Trinajstić information content (AvgIpc) is 3.18. The van der Waals surface area contributed by atoms with Crippen molar-refractivity contribution in [3.8, 4) is 0 Å². The first-order valence-electron chi connectivity index (χ1n) is 8.58. The highest BCUT2D eigenvalue weighted by Gasteiger charge is 2.34. The fourth-order valence-electron chi connectivity index (χ4n) is 2.93. The number of hydrogen-bond acceptors (Lipinski definition) is 4. The molecule has 2 N–H and O–H groups in total. The molecule has 0 bridgehead atoms. The van der Waals surface area contributed by atoms with E-state index in [0.717, 1.165) is 5.69 Å². The summed E-state index contributed by atoms with van der Waals surface area (Å²) in [7, 11) is 1.68. The summed E-state index contributed by atoms with van der Waals surface area (Å²) in [6.45, 7) is 0. The number of para-hydroxylation sites is 1. The van der Waals surface area contributed by atoms with Crippen LogP contribution >= 0.6 is 0 Å². The third-order valence-electron chi connectivity index (χ3n) is 4.41. The van der Waals surface area contributed by atoms with Crippen molar-refractivity contribution in [1.29, 1.82) is 0 Å². The standard InChI is InChI=1S/C20H20N2O5/c1-22(15-8-3-2-4-9-15)19(24)13-6-5-7-14(12-13)21-18(23)16-10-11-17(27-16)20(25)26/h2-9,12,16-17H,10-11H2,1H3,(H,21,23)(H,25,26)/t16-,17+/m0/s1. The maximum atomic E-state index is 12.7. The van der Waals surface area contributed by atoms with Gasteiger partial charge in [0.2, 0.25) is 0 Å². The van der Waals surface area contributed by atoms with E-state index in [4.69, 9.17) is 9.84 Å². The lowest BCUT2D eigenvalue weighted by molar-refractivity contribution is -0.150. The molecule has 0 aliphatic carbocycles. The van der Waals surface area contributed by atoms with Gasteiger partial charge in [0.15, 0.2) is 6.10 Å². The zero-order valence-electron chi connectivity index (χ0n) is 14.8. The number of nitrogens with zero attached hydrogens (tertiary/aromatic N) is 1. The lowest BCUT2D eigenvalue weighted by atomic mass is 10.1. The molecule has 1 aliphatic rings. The molecule has 7 nitrogen and oxygen atoms in total. The van der Waals surface area contributed by atoms with Crippen LogP contribution in [0.15, 0.2) is 54.6 Å². The smallest absolute Gasteiger partial charge is 0.332 e. The minimum Gasteiger partial charge on any atom is -0.479 e. The highest BCUT2D eigenvalue weighted by molar-refractivity contribution is 6.06. The summed E-state index contributed by atoms with van der Waals surface area (Å²) in [5.41, 5.74) is 1.64. The van der Waals surface area contributed by atoms with E-state index < -0.39 is 24.1 Å². The molecule has 7 heteroatoms. The number of carboxylic acid groups (broad SMARTS) is 1. The Hall–Kier alpha value is -3.19. The van der Waals surface area contributed by atoms with Gasteiger partial charge < -0.3 is 20.1 Å². The van der Waals surface area contributed by atoms with Crippen molar-refractivity contribution in [2.45, 2.75) is 25.0 Å². The summed E-state index contributed by atoms with van der Waals surface area (Å²) in [5, 5.41) is 11.6. The van der Waals surface area contributed by atoms with Crippen LogP contribution in [0, 0.1) is 0 Å². The number of anilines is 2. The van der Waals surface area contributed by atoms with E-state index in [-0.39, 0.29) is 5.91 Å². The van der Waals surface area contributed by atoms with Crippen LogP contribution in [-0.2, 0) is 14.3 Å². The molecule has 1 aliphatic heterocycles. The molecular weight excluding hydrogens is 348 g/mol. The first-order chi connectivity index (χ1) is 13.0. The van der Waals surface area contributed by atoms with E-state index in [1.54, 1.807) is 31.3 Å². The van der Waals surface area contributed by atoms with Gasteiger partial charge in [-0.25, -0.2) is 4.79 Å². The molecule has 0 saturated carbocycles. The van der Waals surface area contributed by atoms with Crippen molar-refractivity contribution < 1.29 is 24.2 Å². The number of ether oxygens (including phenoxy) is 1. The number of hydrogen-bond donors (Lipinski definition) is 2. The van der Waals surface area contributed by atoms with Crippen molar-refractivity contribution in [2.75, 3.05) is 17.3 Å². The number of carboxylic acids is 1. The monoisotopic (exact) mass is 368 g/mol. The van der Waals surface area contributed by atoms with Crippen LogP contribution in [0.4, 0.5) is 11.4 Å². The molecule has 0 radical (unpaired) electrons. The SMILES string of the molecule is CN(C(=O)c1cccc(NC(=O)[C@@H]2CC[C@H](C(=O)O)O2)c1)c1ccccc1. The molecule has 2 aromatic rings. The molecule has 2 atom stereocenters. The fourth-order valence-corrected chi connectivity index (χ4v) is 2.93. The van der Waals surface area contributed by atoms with Gasteiger partial charge in [-0.1, -0.05) is 24.3 Å². The van der Waals surface area contributed by atoms with Crippen LogP contribution in [0.5, 0.6) is 0 Å². The number of rotatable bonds is 5. The number of carbonyl (C=O) groups excluding carboxylic acids is 2. The van der Waals surface area contributed by atoms with Crippen molar-refractivity contribution in [1.82, 2.24) is 0 Å². The van der Waals surface area contributed by atoms with Gasteiger partial charge in [0, 0.05) is 24.0 Å². The molecule has 0 aromatic heterocycles. The minimum absolute atomic E-state index is 0.208. The summed E-state index contributed by atoms with van der Waals surface area (Å²) in [4.78, 5) is 37.4. The Morgan fingerprint density at radius 3 is 2.41 bits per heavy atom. The quantitative estimate of drug-likeness (QED) is 0.845. The molecular formula is C20H20N2O5. The van der Waals surface area contributed by atoms with Crippen LogP contribution in [0.1, 0.15) is 23.2 Å². The van der Waals surface area contributed by atoms with Crippen molar-refractivity contribution in [3.05, 3.63) is 60.2 Å². The molecule has 0 unspecified atom stereocenters. The van der Waals surface area contributed by atoms with Gasteiger partial charge in [-0.05, 0) is 43.2 Å². The predicted molar refractivity (Wildman–Crippen MR) is 99.8 cm³/mol. The predicted octanol–water partition coefficient (Wildman–Crippen LogP) is 2.53. The van der Waals surface area contributed by atoms with Crippen LogP contribution < -0.4 is 10.2 Å². The molecule has 0 spiro atoms. The van der Waals surface area contributed by atoms with Crippen LogP contribution in [0.2, 0.25) is 0 Å². The summed E-state index contributed by atoms with van der Waals surface area (Å²) in [5.74, 6) is -1.69. The van der Waals surface area contributed by atoms with Gasteiger partial charge >= 0.3 is 5.97 Å². The summed E-state index contributed by atoms with van der Waals surface area (Å²) in [6, 6.07) is 15.8. The fraction of sp³-hybridized carbons (Fsp3) is 0.250. The maximum Gasteiger partial charge on any atom is 0.332 e. The number of nitrogens with one attached hydrogen (secondary N) is 1. The van der Waals surface area contributed by atoms with Gasteiger partial charge in [-0.3, -0.25) is 9.59 Å². The van der Waals surface area contributed by atoms with E-state index in [1.807, 2.05) is 30.3 Å². The summed E-state index contributed by atoms with van der Waals surface area (Å²) < 4.78 is 5.24. The first-order valence-corrected chi connectivity index (χ1v) is 8.58. The van der Waals surface area contributed by atoms with Crippen LogP contribution in [0.25, 0.3) is 0 Å². The molecule has 3 rings (SSSR count).